The van der Waals surface area contributed by atoms with Gasteiger partial charge in [0.15, 0.2) is 0 Å². The first kappa shape index (κ1) is 21.2. The quantitative estimate of drug-likeness (QED) is 0.687. The second-order valence-electron chi connectivity index (χ2n) is 10.4. The molecule has 0 aliphatic heterocycles. The molecule has 0 aromatic heterocycles. The van der Waals surface area contributed by atoms with Crippen LogP contribution in [0.2, 0.25) is 0 Å². The fraction of sp³-hybridized carbons (Fsp3) is 0.680. The number of carbonyl (C=O) groups is 2. The van der Waals surface area contributed by atoms with Crippen LogP contribution in [0.1, 0.15) is 52.4 Å². The van der Waals surface area contributed by atoms with Gasteiger partial charge in [-0.3, -0.25) is 9.59 Å². The van der Waals surface area contributed by atoms with E-state index >= 15 is 0 Å². The van der Waals surface area contributed by atoms with Gasteiger partial charge in [0.2, 0.25) is 11.8 Å². The van der Waals surface area contributed by atoms with Gasteiger partial charge in [0.1, 0.15) is 6.04 Å². The first-order valence-corrected chi connectivity index (χ1v) is 11.7. The van der Waals surface area contributed by atoms with Crippen LogP contribution >= 0.6 is 0 Å². The molecule has 5 rings (SSSR count). The van der Waals surface area contributed by atoms with Crippen molar-refractivity contribution in [2.24, 2.45) is 29.1 Å². The highest BCUT2D eigenvalue weighted by molar-refractivity contribution is 5.90. The molecule has 4 fully saturated rings. The molecule has 0 spiro atoms. The Hall–Kier alpha value is -2.04. The summed E-state index contributed by atoms with van der Waals surface area (Å²) < 4.78 is 0. The van der Waals surface area contributed by atoms with Crippen LogP contribution in [0.5, 0.6) is 0 Å². The fourth-order valence-corrected chi connectivity index (χ4v) is 6.49. The van der Waals surface area contributed by atoms with Crippen molar-refractivity contribution in [3.63, 3.8) is 0 Å². The van der Waals surface area contributed by atoms with Crippen molar-refractivity contribution in [3.05, 3.63) is 30.3 Å². The van der Waals surface area contributed by atoms with E-state index in [9.17, 15) is 9.59 Å². The van der Waals surface area contributed by atoms with Gasteiger partial charge in [0.05, 0.1) is 0 Å². The molecule has 0 unspecified atom stereocenters. The van der Waals surface area contributed by atoms with Gasteiger partial charge in [0.25, 0.3) is 0 Å². The molecule has 0 saturated heterocycles. The Labute approximate surface area is 181 Å². The minimum Gasteiger partial charge on any atom is -0.373 e. The standard InChI is InChI=1S/C25H37N3O2/c1-17(2)22(23(29)26-9-10-28(3)21-7-5-4-6-8-21)27-24(30)25-14-18-11-19(15-25)13-20(12-18)16-25/h4-8,17-20,22H,9-16H2,1-3H3,(H,26,29)(H,27,30)/t18?,19?,20?,22-,25?/m1/s1. The van der Waals surface area contributed by atoms with Gasteiger partial charge >= 0.3 is 0 Å². The molecule has 2 N–H and O–H groups in total. The van der Waals surface area contributed by atoms with E-state index in [2.05, 4.69) is 27.7 Å². The first-order chi connectivity index (χ1) is 14.4. The van der Waals surface area contributed by atoms with Gasteiger partial charge in [-0.25, -0.2) is 0 Å². The van der Waals surface area contributed by atoms with Crippen LogP contribution in [0.3, 0.4) is 0 Å². The highest BCUT2D eigenvalue weighted by Crippen LogP contribution is 2.60. The lowest BCUT2D eigenvalue weighted by atomic mass is 9.49. The zero-order valence-electron chi connectivity index (χ0n) is 18.7. The van der Waals surface area contributed by atoms with Gasteiger partial charge in [0, 0.05) is 31.2 Å². The summed E-state index contributed by atoms with van der Waals surface area (Å²) in [5.74, 6) is 2.31. The predicted octanol–water partition coefficient (Wildman–Crippen LogP) is 3.60. The van der Waals surface area contributed by atoms with Gasteiger partial charge in [-0.2, -0.15) is 0 Å². The van der Waals surface area contributed by atoms with E-state index < -0.39 is 6.04 Å². The summed E-state index contributed by atoms with van der Waals surface area (Å²) in [5.41, 5.74) is 0.915. The molecular formula is C25H37N3O2. The Morgan fingerprint density at radius 2 is 1.60 bits per heavy atom. The second kappa shape index (κ2) is 8.60. The van der Waals surface area contributed by atoms with Crippen molar-refractivity contribution in [1.29, 1.82) is 0 Å². The number of rotatable bonds is 8. The molecule has 1 aromatic rings. The summed E-state index contributed by atoms with van der Waals surface area (Å²) in [6, 6.07) is 9.68. The molecule has 4 aliphatic carbocycles. The number of amides is 2. The van der Waals surface area contributed by atoms with Crippen LogP contribution in [0, 0.1) is 29.1 Å². The molecule has 1 aromatic carbocycles. The number of likely N-dealkylation sites (N-methyl/N-ethyl adjacent to an activating group) is 1. The summed E-state index contributed by atoms with van der Waals surface area (Å²) in [6.07, 6.45) is 7.03. The van der Waals surface area contributed by atoms with E-state index in [1.807, 2.05) is 39.1 Å². The molecule has 4 aliphatic rings. The second-order valence-corrected chi connectivity index (χ2v) is 10.4. The number of hydrogen-bond acceptors (Lipinski definition) is 3. The van der Waals surface area contributed by atoms with Crippen LogP contribution in [0.25, 0.3) is 0 Å². The molecule has 164 valence electrons. The summed E-state index contributed by atoms with van der Waals surface area (Å²) in [4.78, 5) is 28.4. The highest BCUT2D eigenvalue weighted by Gasteiger charge is 2.55. The van der Waals surface area contributed by atoms with Crippen molar-refractivity contribution in [2.45, 2.75) is 58.4 Å². The lowest BCUT2D eigenvalue weighted by Gasteiger charge is -2.55. The summed E-state index contributed by atoms with van der Waals surface area (Å²) in [5, 5.41) is 6.23. The predicted molar refractivity (Wildman–Crippen MR) is 120 cm³/mol. The van der Waals surface area contributed by atoms with E-state index in [0.29, 0.717) is 6.54 Å². The highest BCUT2D eigenvalue weighted by atomic mass is 16.2. The molecule has 0 radical (unpaired) electrons. The Morgan fingerprint density at radius 3 is 2.13 bits per heavy atom. The molecule has 1 atom stereocenters. The third-order valence-corrected chi connectivity index (χ3v) is 7.70. The van der Waals surface area contributed by atoms with Crippen LogP contribution in [0.15, 0.2) is 30.3 Å². The number of hydrogen-bond donors (Lipinski definition) is 2. The van der Waals surface area contributed by atoms with E-state index in [1.165, 1.54) is 19.3 Å². The van der Waals surface area contributed by atoms with Gasteiger partial charge in [-0.1, -0.05) is 32.0 Å². The first-order valence-electron chi connectivity index (χ1n) is 11.7. The van der Waals surface area contributed by atoms with E-state index in [0.717, 1.165) is 49.2 Å². The molecule has 5 heteroatoms. The Balaban J connectivity index is 1.32. The Bertz CT molecular complexity index is 726. The summed E-state index contributed by atoms with van der Waals surface area (Å²) in [6.45, 7) is 5.31. The minimum absolute atomic E-state index is 0.0646. The molecular weight excluding hydrogens is 374 g/mol. The maximum absolute atomic E-state index is 13.4. The molecule has 30 heavy (non-hydrogen) atoms. The van der Waals surface area contributed by atoms with E-state index in [4.69, 9.17) is 0 Å². The average Bonchev–Trinajstić information content (AvgIpc) is 2.71. The topological polar surface area (TPSA) is 61.4 Å². The third-order valence-electron chi connectivity index (χ3n) is 7.70. The van der Waals surface area contributed by atoms with Gasteiger partial charge in [-0.15, -0.1) is 0 Å². The van der Waals surface area contributed by atoms with Crippen molar-refractivity contribution in [1.82, 2.24) is 10.6 Å². The van der Waals surface area contributed by atoms with Gasteiger partial charge < -0.3 is 15.5 Å². The fourth-order valence-electron chi connectivity index (χ4n) is 6.49. The van der Waals surface area contributed by atoms with Crippen LogP contribution in [-0.2, 0) is 9.59 Å². The van der Waals surface area contributed by atoms with Crippen molar-refractivity contribution < 1.29 is 9.59 Å². The van der Waals surface area contributed by atoms with E-state index in [1.54, 1.807) is 0 Å². The van der Waals surface area contributed by atoms with Gasteiger partial charge in [-0.05, 0) is 74.3 Å². The third kappa shape index (κ3) is 4.35. The maximum Gasteiger partial charge on any atom is 0.242 e. The SMILES string of the molecule is CC(C)[C@@H](NC(=O)C12CC3CC(CC(C3)C1)C2)C(=O)NCCN(C)c1ccccc1. The number of nitrogens with zero attached hydrogens (tertiary/aromatic N) is 1. The zero-order valence-corrected chi connectivity index (χ0v) is 18.7. The van der Waals surface area contributed by atoms with Crippen molar-refractivity contribution >= 4 is 17.5 Å². The Morgan fingerprint density at radius 1 is 1.03 bits per heavy atom. The number of anilines is 1. The monoisotopic (exact) mass is 411 g/mol. The number of carbonyl (C=O) groups excluding carboxylic acids is 2. The van der Waals surface area contributed by atoms with Crippen molar-refractivity contribution in [2.75, 3.05) is 25.0 Å². The lowest BCUT2D eigenvalue weighted by molar-refractivity contribution is -0.149. The zero-order chi connectivity index (χ0) is 21.3. The van der Waals surface area contributed by atoms with Crippen LogP contribution in [0.4, 0.5) is 5.69 Å². The van der Waals surface area contributed by atoms with Crippen LogP contribution in [-0.4, -0.2) is 38.0 Å². The summed E-state index contributed by atoms with van der Waals surface area (Å²) >= 11 is 0. The lowest BCUT2D eigenvalue weighted by Crippen LogP contribution is -2.58. The molecule has 4 saturated carbocycles. The average molecular weight is 412 g/mol. The smallest absolute Gasteiger partial charge is 0.242 e. The minimum atomic E-state index is -0.465. The maximum atomic E-state index is 13.4. The molecule has 2 amide bonds. The van der Waals surface area contributed by atoms with Crippen molar-refractivity contribution in [3.8, 4) is 0 Å². The largest absolute Gasteiger partial charge is 0.373 e. The molecule has 4 bridgehead atoms. The number of nitrogens with one attached hydrogen (secondary N) is 2. The summed E-state index contributed by atoms with van der Waals surface area (Å²) in [7, 11) is 2.02. The number of para-hydroxylation sites is 1. The van der Waals surface area contributed by atoms with E-state index in [-0.39, 0.29) is 23.1 Å². The number of benzene rings is 1. The Kier molecular flexibility index (Phi) is 6.08. The normalized spacial score (nSPS) is 30.2. The molecule has 5 nitrogen and oxygen atoms in total. The molecule has 0 heterocycles. The van der Waals surface area contributed by atoms with Crippen LogP contribution < -0.4 is 15.5 Å².